The Hall–Kier alpha value is -1.95. The van der Waals surface area contributed by atoms with Crippen LogP contribution in [0.15, 0.2) is 42.5 Å². The van der Waals surface area contributed by atoms with E-state index in [0.717, 1.165) is 5.56 Å². The first-order chi connectivity index (χ1) is 12.8. The van der Waals surface area contributed by atoms with Crippen LogP contribution in [0.5, 0.6) is 5.75 Å². The molecule has 0 aliphatic rings. The maximum absolute atomic E-state index is 12.7. The smallest absolute Gasteiger partial charge is 0.261 e. The lowest BCUT2D eigenvalue weighted by atomic mass is 10.1. The van der Waals surface area contributed by atoms with Crippen LogP contribution >= 0.6 is 34.8 Å². The lowest BCUT2D eigenvalue weighted by molar-refractivity contribution is -0.142. The molecule has 0 unspecified atom stereocenters. The van der Waals surface area contributed by atoms with Gasteiger partial charge in [-0.1, -0.05) is 46.9 Å². The molecule has 5 nitrogen and oxygen atoms in total. The third kappa shape index (κ3) is 6.03. The maximum Gasteiger partial charge on any atom is 0.261 e. The molecule has 0 aromatic heterocycles. The number of benzene rings is 2. The molecule has 0 saturated carbocycles. The largest absolute Gasteiger partial charge is 0.484 e. The Bertz CT molecular complexity index is 830. The molecular weight excluding hydrogens is 411 g/mol. The van der Waals surface area contributed by atoms with Crippen molar-refractivity contribution in [1.82, 2.24) is 10.2 Å². The van der Waals surface area contributed by atoms with Gasteiger partial charge in [0.05, 0.1) is 10.0 Å². The Morgan fingerprint density at radius 3 is 2.48 bits per heavy atom. The SMILES string of the molecule is CNC(=O)[C@@H](C)N(Cc1ccc(Cl)c(Cl)c1)C(=O)COc1cccc(Cl)c1. The van der Waals surface area contributed by atoms with Gasteiger partial charge in [-0.2, -0.15) is 0 Å². The highest BCUT2D eigenvalue weighted by Gasteiger charge is 2.26. The van der Waals surface area contributed by atoms with Gasteiger partial charge in [-0.15, -0.1) is 0 Å². The van der Waals surface area contributed by atoms with Crippen molar-refractivity contribution < 1.29 is 14.3 Å². The highest BCUT2D eigenvalue weighted by atomic mass is 35.5. The lowest BCUT2D eigenvalue weighted by Crippen LogP contribution is -2.48. The summed E-state index contributed by atoms with van der Waals surface area (Å²) in [6, 6.07) is 11.1. The number of likely N-dealkylation sites (N-methyl/N-ethyl adjacent to an activating group) is 1. The molecule has 2 amide bonds. The summed E-state index contributed by atoms with van der Waals surface area (Å²) in [6.07, 6.45) is 0. The number of hydrogen-bond donors (Lipinski definition) is 1. The predicted molar refractivity (Wildman–Crippen MR) is 107 cm³/mol. The molecule has 1 atom stereocenters. The Morgan fingerprint density at radius 1 is 1.11 bits per heavy atom. The van der Waals surface area contributed by atoms with Crippen molar-refractivity contribution in [3.63, 3.8) is 0 Å². The van der Waals surface area contributed by atoms with E-state index in [4.69, 9.17) is 39.5 Å². The summed E-state index contributed by atoms with van der Waals surface area (Å²) >= 11 is 17.9. The van der Waals surface area contributed by atoms with Crippen molar-refractivity contribution in [3.8, 4) is 5.75 Å². The van der Waals surface area contributed by atoms with Crippen LogP contribution in [0.3, 0.4) is 0 Å². The van der Waals surface area contributed by atoms with Crippen LogP contribution in [-0.2, 0) is 16.1 Å². The zero-order valence-corrected chi connectivity index (χ0v) is 17.1. The zero-order chi connectivity index (χ0) is 20.0. The third-order valence-corrected chi connectivity index (χ3v) is 4.88. The molecule has 2 aromatic rings. The van der Waals surface area contributed by atoms with Crippen LogP contribution < -0.4 is 10.1 Å². The standard InChI is InChI=1S/C19H19Cl3N2O3/c1-12(19(26)23-2)24(10-13-6-7-16(21)17(22)8-13)18(25)11-27-15-5-3-4-14(20)9-15/h3-9,12H,10-11H2,1-2H3,(H,23,26)/t12-/m1/s1. The monoisotopic (exact) mass is 428 g/mol. The summed E-state index contributed by atoms with van der Waals surface area (Å²) in [4.78, 5) is 26.2. The van der Waals surface area contributed by atoms with Gasteiger partial charge in [0.15, 0.2) is 6.61 Å². The first kappa shape index (κ1) is 21.4. The molecule has 8 heteroatoms. The van der Waals surface area contributed by atoms with Gasteiger partial charge < -0.3 is 15.0 Å². The van der Waals surface area contributed by atoms with Gasteiger partial charge in [0, 0.05) is 18.6 Å². The minimum absolute atomic E-state index is 0.184. The summed E-state index contributed by atoms with van der Waals surface area (Å²) in [7, 11) is 1.52. The van der Waals surface area contributed by atoms with E-state index >= 15 is 0 Å². The van der Waals surface area contributed by atoms with Crippen molar-refractivity contribution in [3.05, 3.63) is 63.1 Å². The van der Waals surface area contributed by atoms with Gasteiger partial charge >= 0.3 is 0 Å². The molecule has 0 aliphatic carbocycles. The van der Waals surface area contributed by atoms with Gasteiger partial charge in [0.2, 0.25) is 5.91 Å². The number of rotatable bonds is 7. The third-order valence-electron chi connectivity index (χ3n) is 3.91. The number of amides is 2. The molecule has 0 saturated heterocycles. The Labute approximate surface area is 173 Å². The Kier molecular flexibility index (Phi) is 7.78. The fraction of sp³-hybridized carbons (Fsp3) is 0.263. The summed E-state index contributed by atoms with van der Waals surface area (Å²) in [6.45, 7) is 1.60. The fourth-order valence-electron chi connectivity index (χ4n) is 2.41. The lowest BCUT2D eigenvalue weighted by Gasteiger charge is -2.28. The number of hydrogen-bond acceptors (Lipinski definition) is 3. The minimum Gasteiger partial charge on any atom is -0.484 e. The van der Waals surface area contributed by atoms with E-state index in [1.165, 1.54) is 11.9 Å². The first-order valence-electron chi connectivity index (χ1n) is 8.15. The van der Waals surface area contributed by atoms with Gasteiger partial charge in [-0.05, 0) is 42.8 Å². The second kappa shape index (κ2) is 9.83. The Morgan fingerprint density at radius 2 is 1.85 bits per heavy atom. The molecular formula is C19H19Cl3N2O3. The molecule has 0 heterocycles. The molecule has 0 aliphatic heterocycles. The fourth-order valence-corrected chi connectivity index (χ4v) is 2.91. The van der Waals surface area contributed by atoms with Crippen molar-refractivity contribution >= 4 is 46.6 Å². The van der Waals surface area contributed by atoms with Crippen LogP contribution in [0.25, 0.3) is 0 Å². The topological polar surface area (TPSA) is 58.6 Å². The number of carbonyl (C=O) groups is 2. The highest BCUT2D eigenvalue weighted by molar-refractivity contribution is 6.42. The molecule has 0 fully saturated rings. The van der Waals surface area contributed by atoms with Crippen LogP contribution in [0.1, 0.15) is 12.5 Å². The number of nitrogens with one attached hydrogen (secondary N) is 1. The molecule has 1 N–H and O–H groups in total. The number of halogens is 3. The number of nitrogens with zero attached hydrogens (tertiary/aromatic N) is 1. The summed E-state index contributed by atoms with van der Waals surface area (Å²) in [5.74, 6) is -0.166. The van der Waals surface area contributed by atoms with Crippen LogP contribution in [0.4, 0.5) is 0 Å². The average molecular weight is 430 g/mol. The molecule has 0 bridgehead atoms. The van der Waals surface area contributed by atoms with Gasteiger partial charge in [-0.3, -0.25) is 9.59 Å². The molecule has 2 rings (SSSR count). The van der Waals surface area contributed by atoms with Gasteiger partial charge in [0.1, 0.15) is 11.8 Å². The second-order valence-corrected chi connectivity index (χ2v) is 7.06. The molecule has 0 radical (unpaired) electrons. The average Bonchev–Trinajstić information content (AvgIpc) is 2.65. The molecule has 27 heavy (non-hydrogen) atoms. The van der Waals surface area contributed by atoms with Crippen LogP contribution in [0.2, 0.25) is 15.1 Å². The van der Waals surface area contributed by atoms with Gasteiger partial charge in [-0.25, -0.2) is 0 Å². The summed E-state index contributed by atoms with van der Waals surface area (Å²) < 4.78 is 5.52. The van der Waals surface area contributed by atoms with Crippen molar-refractivity contribution in [1.29, 1.82) is 0 Å². The van der Waals surface area contributed by atoms with E-state index in [1.807, 2.05) is 0 Å². The van der Waals surface area contributed by atoms with E-state index in [9.17, 15) is 9.59 Å². The van der Waals surface area contributed by atoms with E-state index in [-0.39, 0.29) is 25.0 Å². The normalized spacial score (nSPS) is 11.6. The maximum atomic E-state index is 12.7. The van der Waals surface area contributed by atoms with Crippen molar-refractivity contribution in [2.75, 3.05) is 13.7 Å². The van der Waals surface area contributed by atoms with E-state index < -0.39 is 6.04 Å². The van der Waals surface area contributed by atoms with Crippen molar-refractivity contribution in [2.24, 2.45) is 0 Å². The van der Waals surface area contributed by atoms with E-state index in [1.54, 1.807) is 49.4 Å². The Balaban J connectivity index is 2.16. The highest BCUT2D eigenvalue weighted by Crippen LogP contribution is 2.24. The second-order valence-electron chi connectivity index (χ2n) is 5.81. The first-order valence-corrected chi connectivity index (χ1v) is 9.28. The molecule has 144 valence electrons. The minimum atomic E-state index is -0.695. The predicted octanol–water partition coefficient (Wildman–Crippen LogP) is 4.19. The van der Waals surface area contributed by atoms with Crippen LogP contribution in [0, 0.1) is 0 Å². The number of ether oxygens (including phenoxy) is 1. The summed E-state index contributed by atoms with van der Waals surface area (Å²) in [5.41, 5.74) is 0.747. The molecule has 0 spiro atoms. The van der Waals surface area contributed by atoms with E-state index in [0.29, 0.717) is 20.8 Å². The van der Waals surface area contributed by atoms with Crippen molar-refractivity contribution in [2.45, 2.75) is 19.5 Å². The van der Waals surface area contributed by atoms with Crippen LogP contribution in [-0.4, -0.2) is 36.4 Å². The van der Waals surface area contributed by atoms with Gasteiger partial charge in [0.25, 0.3) is 5.91 Å². The number of carbonyl (C=O) groups excluding carboxylic acids is 2. The molecule has 2 aromatic carbocycles. The zero-order valence-electron chi connectivity index (χ0n) is 14.8. The quantitative estimate of drug-likeness (QED) is 0.718. The summed E-state index contributed by atoms with van der Waals surface area (Å²) in [5, 5.41) is 3.85. The van der Waals surface area contributed by atoms with E-state index in [2.05, 4.69) is 5.32 Å².